The molecule has 0 saturated heterocycles. The minimum atomic E-state index is -5.11. The Morgan fingerprint density at radius 3 is 2.08 bits per heavy atom. The third-order valence-corrected chi connectivity index (χ3v) is 5.38. The molecular weight excluding hydrogens is 381 g/mol. The summed E-state index contributed by atoms with van der Waals surface area (Å²) in [7, 11) is -8.14. The van der Waals surface area contributed by atoms with Crippen LogP contribution in [0.5, 0.6) is 0 Å². The fourth-order valence-corrected chi connectivity index (χ4v) is 2.48. The van der Waals surface area contributed by atoms with Crippen LogP contribution in [-0.2, 0) is 20.4 Å². The van der Waals surface area contributed by atoms with Crippen LogP contribution in [0.25, 0.3) is 0 Å². The summed E-state index contributed by atoms with van der Waals surface area (Å²) in [6.07, 6.45) is 0.586. The van der Waals surface area contributed by atoms with Gasteiger partial charge in [0.15, 0.2) is 11.8 Å². The van der Waals surface area contributed by atoms with Crippen molar-refractivity contribution in [3.05, 3.63) is 22.7 Å². The summed E-state index contributed by atoms with van der Waals surface area (Å²) in [5.74, 6) is -2.05. The first kappa shape index (κ1) is 21.4. The van der Waals surface area contributed by atoms with E-state index in [1.807, 2.05) is 0 Å². The molecule has 2 N–H and O–H groups in total. The molecule has 25 heavy (non-hydrogen) atoms. The zero-order valence-electron chi connectivity index (χ0n) is 14.1. The van der Waals surface area contributed by atoms with Crippen LogP contribution in [0.3, 0.4) is 0 Å². The van der Waals surface area contributed by atoms with Crippen LogP contribution in [-0.4, -0.2) is 61.5 Å². The Morgan fingerprint density at radius 1 is 1.24 bits per heavy atom. The van der Waals surface area contributed by atoms with Gasteiger partial charge in [0, 0.05) is 20.8 Å². The molecule has 0 unspecified atom stereocenters. The molecule has 0 spiro atoms. The van der Waals surface area contributed by atoms with E-state index in [9.17, 15) is 35.5 Å². The first-order valence-corrected chi connectivity index (χ1v) is 9.54. The Bertz CT molecular complexity index is 932. The molecular formula is C12H19FN3O7S2+. The van der Waals surface area contributed by atoms with Crippen LogP contribution in [0.15, 0.2) is 11.1 Å². The smallest absolute Gasteiger partial charge is 0.438 e. The second-order valence-electron chi connectivity index (χ2n) is 6.58. The van der Waals surface area contributed by atoms with E-state index in [1.54, 1.807) is 0 Å². The quantitative estimate of drug-likeness (QED) is 0.186. The van der Waals surface area contributed by atoms with Gasteiger partial charge in [0.05, 0.1) is 20.2 Å². The van der Waals surface area contributed by atoms with E-state index < -0.39 is 52.1 Å². The first-order valence-electron chi connectivity index (χ1n) is 6.70. The highest BCUT2D eigenvalue weighted by Gasteiger charge is 2.38. The average Bonchev–Trinajstić information content (AvgIpc) is 2.36. The van der Waals surface area contributed by atoms with Crippen molar-refractivity contribution >= 4 is 32.5 Å². The Hall–Kier alpha value is -1.67. The lowest BCUT2D eigenvalue weighted by molar-refractivity contribution is -0.530. The Balaban J connectivity index is 3.87. The highest BCUT2D eigenvalue weighted by atomic mass is 32.2. The lowest BCUT2D eigenvalue weighted by Gasteiger charge is -2.23. The van der Waals surface area contributed by atoms with Crippen molar-refractivity contribution in [3.8, 4) is 0 Å². The van der Waals surface area contributed by atoms with Gasteiger partial charge >= 0.3 is 20.4 Å². The molecule has 0 radical (unpaired) electrons. The second-order valence-corrected chi connectivity index (χ2v) is 9.73. The van der Waals surface area contributed by atoms with Crippen molar-refractivity contribution in [1.82, 2.24) is 8.87 Å². The van der Waals surface area contributed by atoms with Crippen LogP contribution >= 0.6 is 0 Å². The summed E-state index contributed by atoms with van der Waals surface area (Å²) in [4.78, 5) is 3.44. The average molecular weight is 400 g/mol. The second kappa shape index (κ2) is 6.25. The van der Waals surface area contributed by atoms with Crippen LogP contribution < -0.4 is 3.89 Å². The van der Waals surface area contributed by atoms with Gasteiger partial charge in [-0.05, 0) is 0 Å². The molecule has 1 heterocycles. The molecule has 1 aromatic heterocycles. The number of nitrogens with zero attached hydrogens (tertiary/aromatic N) is 3. The summed E-state index contributed by atoms with van der Waals surface area (Å²) in [5, 5.41) is 10.7. The molecule has 1 rings (SSSR count). The van der Waals surface area contributed by atoms with Gasteiger partial charge in [-0.3, -0.25) is 4.55 Å². The van der Waals surface area contributed by atoms with Crippen molar-refractivity contribution in [1.29, 1.82) is 0 Å². The molecule has 0 saturated carbocycles. The number of pyridine rings is 1. The Morgan fingerprint density at radius 2 is 1.72 bits per heavy atom. The minimum Gasteiger partial charge on any atom is -0.623 e. The third kappa shape index (κ3) is 4.49. The van der Waals surface area contributed by atoms with Crippen molar-refractivity contribution in [3.63, 3.8) is 0 Å². The molecule has 0 atom stereocenters. The van der Waals surface area contributed by atoms with Crippen molar-refractivity contribution < 1.29 is 35.1 Å². The normalized spacial score (nSPS) is 14.6. The van der Waals surface area contributed by atoms with Gasteiger partial charge < -0.3 is 5.21 Å². The molecule has 0 fully saturated rings. The summed E-state index contributed by atoms with van der Waals surface area (Å²) in [6.45, 7) is 4.42. The van der Waals surface area contributed by atoms with Crippen molar-refractivity contribution in [2.45, 2.75) is 31.3 Å². The largest absolute Gasteiger partial charge is 0.623 e. The fourth-order valence-electron chi connectivity index (χ4n) is 1.51. The van der Waals surface area contributed by atoms with Crippen LogP contribution in [0.4, 0.5) is 10.2 Å². The zero-order chi connectivity index (χ0) is 20.0. The Labute approximate surface area is 145 Å². The number of aromatic nitrogens is 1. The minimum absolute atomic E-state index is 0.254. The number of halogens is 1. The maximum atomic E-state index is 14.4. The van der Waals surface area contributed by atoms with E-state index in [4.69, 9.17) is 0 Å². The number of quaternary nitrogens is 1. The van der Waals surface area contributed by atoms with Gasteiger partial charge in [-0.15, -0.1) is 8.42 Å². The van der Waals surface area contributed by atoms with Crippen LogP contribution in [0.1, 0.15) is 26.3 Å². The highest BCUT2D eigenvalue weighted by Crippen LogP contribution is 2.26. The van der Waals surface area contributed by atoms with Crippen molar-refractivity contribution in [2.75, 3.05) is 14.1 Å². The lowest BCUT2D eigenvalue weighted by atomic mass is 10.1. The van der Waals surface area contributed by atoms with Crippen LogP contribution in [0, 0.1) is 11.0 Å². The maximum absolute atomic E-state index is 14.4. The third-order valence-electron chi connectivity index (χ3n) is 3.24. The van der Waals surface area contributed by atoms with Gasteiger partial charge in [-0.1, -0.05) is 0 Å². The lowest BCUT2D eigenvalue weighted by Crippen LogP contribution is -2.47. The van der Waals surface area contributed by atoms with E-state index in [-0.39, 0.29) is 4.74 Å². The summed E-state index contributed by atoms with van der Waals surface area (Å²) in [6, 6.07) is 0.546. The van der Waals surface area contributed by atoms with E-state index in [1.165, 1.54) is 20.8 Å². The van der Waals surface area contributed by atoms with Gasteiger partial charge in [-0.25, -0.2) is 13.7 Å². The van der Waals surface area contributed by atoms with Gasteiger partial charge in [0.25, 0.3) is 0 Å². The molecule has 0 aromatic carbocycles. The van der Waals surface area contributed by atoms with Gasteiger partial charge in [0.2, 0.25) is 10.8 Å². The molecule has 142 valence electrons. The first-order chi connectivity index (χ1) is 10.9. The van der Waals surface area contributed by atoms with E-state index in [0.717, 1.165) is 14.1 Å². The Kier molecular flexibility index (Phi) is 5.34. The molecule has 0 aliphatic heterocycles. The topological polar surface area (TPSA) is 148 Å². The maximum Gasteiger partial charge on any atom is 0.438 e. The summed E-state index contributed by atoms with van der Waals surface area (Å²) in [5.41, 5.74) is -1.89. The molecule has 1 aromatic rings. The summed E-state index contributed by atoms with van der Waals surface area (Å²) >= 11 is 0. The van der Waals surface area contributed by atoms with Crippen molar-refractivity contribution in [2.24, 2.45) is 0 Å². The monoisotopic (exact) mass is 400 g/mol. The standard InChI is InChI=1S/C12H18FN3O7S2/c1-12(2,3)15(17)7-8-9(13)6-10(14-11(8)24(18,19)20)16(4,5)25(21,22)23/h6-7H,1-5H3,(H-,18,19,20,21,22,23)/p+1. The van der Waals surface area contributed by atoms with Crippen LogP contribution in [0.2, 0.25) is 0 Å². The zero-order valence-corrected chi connectivity index (χ0v) is 15.8. The molecule has 0 amide bonds. The highest BCUT2D eigenvalue weighted by molar-refractivity contribution is 7.86. The predicted molar refractivity (Wildman–Crippen MR) is 87.7 cm³/mol. The molecule has 0 aliphatic rings. The number of hydroxylamine groups is 1. The number of hydrogen-bond donors (Lipinski definition) is 2. The number of rotatable bonds is 4. The SMILES string of the molecule is CC(C)(C)[N+]([O-])=Cc1c(F)cc([N+](C)(C)S(=O)(=O)O)nc1S(=O)(=O)O. The summed E-state index contributed by atoms with van der Waals surface area (Å²) < 4.78 is 77.6. The molecule has 0 aliphatic carbocycles. The van der Waals surface area contributed by atoms with Gasteiger partial charge in [0.1, 0.15) is 11.4 Å². The van der Waals surface area contributed by atoms with E-state index in [2.05, 4.69) is 4.98 Å². The van der Waals surface area contributed by atoms with E-state index >= 15 is 0 Å². The predicted octanol–water partition coefficient (Wildman–Crippen LogP) is 0.565. The fraction of sp³-hybridized carbons (Fsp3) is 0.500. The van der Waals surface area contributed by atoms with E-state index in [0.29, 0.717) is 12.3 Å². The number of hydrogen-bond acceptors (Lipinski definition) is 6. The molecule has 0 bridgehead atoms. The van der Waals surface area contributed by atoms with Gasteiger partial charge in [-0.2, -0.15) is 17.3 Å². The molecule has 13 heteroatoms. The molecule has 10 nitrogen and oxygen atoms in total.